The van der Waals surface area contributed by atoms with Crippen molar-refractivity contribution in [1.82, 2.24) is 20.1 Å². The molecule has 1 aliphatic heterocycles. The summed E-state index contributed by atoms with van der Waals surface area (Å²) in [6.45, 7) is 1.45. The van der Waals surface area contributed by atoms with Crippen LogP contribution >= 0.6 is 0 Å². The molecule has 0 bridgehead atoms. The van der Waals surface area contributed by atoms with Crippen LogP contribution in [0.2, 0.25) is 0 Å². The Morgan fingerprint density at radius 3 is 2.68 bits per heavy atom. The van der Waals surface area contributed by atoms with Crippen molar-refractivity contribution in [2.75, 3.05) is 6.54 Å². The minimum Gasteiger partial charge on any atom is -0.315 e. The molecule has 0 saturated carbocycles. The van der Waals surface area contributed by atoms with E-state index in [-0.39, 0.29) is 0 Å². The first-order chi connectivity index (χ1) is 12.2. The van der Waals surface area contributed by atoms with Gasteiger partial charge in [-0.15, -0.1) is 10.2 Å². The number of hydrogen-bond acceptors (Lipinski definition) is 3. The Hall–Kier alpha value is -1.82. The predicted octanol–water partition coefficient (Wildman–Crippen LogP) is 3.40. The van der Waals surface area contributed by atoms with Crippen molar-refractivity contribution in [1.29, 1.82) is 0 Å². The van der Waals surface area contributed by atoms with Gasteiger partial charge in [-0.25, -0.2) is 8.78 Å². The van der Waals surface area contributed by atoms with Gasteiger partial charge in [-0.3, -0.25) is 0 Å². The molecule has 0 unspecified atom stereocenters. The van der Waals surface area contributed by atoms with Crippen molar-refractivity contribution in [2.45, 2.75) is 64.0 Å². The van der Waals surface area contributed by atoms with E-state index >= 15 is 0 Å². The second kappa shape index (κ2) is 9.04. The zero-order valence-corrected chi connectivity index (χ0v) is 14.5. The Morgan fingerprint density at radius 1 is 1.04 bits per heavy atom. The maximum Gasteiger partial charge on any atom is 0.253 e. The highest BCUT2D eigenvalue weighted by Crippen LogP contribution is 2.15. The molecule has 0 spiro atoms. The molecule has 136 valence electrons. The van der Waals surface area contributed by atoms with E-state index in [2.05, 4.69) is 20.1 Å². The van der Waals surface area contributed by atoms with Crippen LogP contribution in [0.4, 0.5) is 8.78 Å². The first-order valence-corrected chi connectivity index (χ1v) is 9.20. The van der Waals surface area contributed by atoms with Crippen molar-refractivity contribution in [3.63, 3.8) is 0 Å². The van der Waals surface area contributed by atoms with Crippen LogP contribution < -0.4 is 5.32 Å². The van der Waals surface area contributed by atoms with Crippen LogP contribution in [0.1, 0.15) is 42.9 Å². The summed E-state index contributed by atoms with van der Waals surface area (Å²) >= 11 is 0. The summed E-state index contributed by atoms with van der Waals surface area (Å²) in [5, 5.41) is 11.5. The molecule has 2 heterocycles. The molecule has 0 amide bonds. The fraction of sp³-hybridized carbons (Fsp3) is 0.579. The zero-order valence-electron chi connectivity index (χ0n) is 14.5. The topological polar surface area (TPSA) is 42.7 Å². The van der Waals surface area contributed by atoms with E-state index in [4.69, 9.17) is 0 Å². The lowest BCUT2D eigenvalue weighted by Crippen LogP contribution is -2.37. The Morgan fingerprint density at radius 2 is 1.88 bits per heavy atom. The number of nitrogens with zero attached hydrogens (tertiary/aromatic N) is 3. The second-order valence-electron chi connectivity index (χ2n) is 6.66. The molecule has 1 aromatic heterocycles. The fourth-order valence-electron chi connectivity index (χ4n) is 3.38. The van der Waals surface area contributed by atoms with E-state index in [0.717, 1.165) is 43.0 Å². The molecule has 0 saturated heterocycles. The van der Waals surface area contributed by atoms with E-state index in [9.17, 15) is 8.78 Å². The third kappa shape index (κ3) is 5.08. The molecule has 2 aromatic rings. The predicted molar refractivity (Wildman–Crippen MR) is 93.8 cm³/mol. The average molecular weight is 348 g/mol. The summed E-state index contributed by atoms with van der Waals surface area (Å²) in [5.74, 6) is 1.96. The van der Waals surface area contributed by atoms with Gasteiger partial charge in [0.2, 0.25) is 0 Å². The molecule has 25 heavy (non-hydrogen) atoms. The van der Waals surface area contributed by atoms with Crippen LogP contribution in [0.25, 0.3) is 0 Å². The Balaban J connectivity index is 1.49. The van der Waals surface area contributed by atoms with Crippen LogP contribution in [0, 0.1) is 0 Å². The van der Waals surface area contributed by atoms with Crippen molar-refractivity contribution in [3.8, 4) is 0 Å². The Bertz CT molecular complexity index is 642. The normalized spacial score (nSPS) is 15.8. The van der Waals surface area contributed by atoms with Gasteiger partial charge in [-0.2, -0.15) is 0 Å². The molecule has 1 aliphatic rings. The van der Waals surface area contributed by atoms with Crippen molar-refractivity contribution in [3.05, 3.63) is 47.5 Å². The molecule has 0 fully saturated rings. The molecule has 1 aromatic carbocycles. The van der Waals surface area contributed by atoms with Gasteiger partial charge in [0.1, 0.15) is 11.6 Å². The summed E-state index contributed by atoms with van der Waals surface area (Å²) in [4.78, 5) is 0. The highest BCUT2D eigenvalue weighted by Gasteiger charge is 2.20. The largest absolute Gasteiger partial charge is 0.315 e. The van der Waals surface area contributed by atoms with Gasteiger partial charge < -0.3 is 9.88 Å². The Kier molecular flexibility index (Phi) is 6.50. The van der Waals surface area contributed by atoms with E-state index < -0.39 is 12.5 Å². The zero-order chi connectivity index (χ0) is 17.5. The summed E-state index contributed by atoms with van der Waals surface area (Å²) < 4.78 is 28.8. The number of hydrogen-bond donors (Lipinski definition) is 1. The second-order valence-corrected chi connectivity index (χ2v) is 6.66. The molecule has 1 N–H and O–H groups in total. The minimum atomic E-state index is -2.36. The molecule has 4 nitrogen and oxygen atoms in total. The van der Waals surface area contributed by atoms with Gasteiger partial charge in [0, 0.05) is 25.9 Å². The number of nitrogens with one attached hydrogen (secondary N) is 1. The number of rotatable bonds is 8. The Labute approximate surface area is 147 Å². The molecule has 0 radical (unpaired) electrons. The van der Waals surface area contributed by atoms with Crippen LogP contribution in [0.15, 0.2) is 30.3 Å². The van der Waals surface area contributed by atoms with E-state index in [1.165, 1.54) is 6.42 Å². The van der Waals surface area contributed by atoms with E-state index in [1.807, 2.05) is 30.3 Å². The van der Waals surface area contributed by atoms with Crippen LogP contribution in [0.5, 0.6) is 0 Å². The SMILES string of the molecule is FC(F)[C@@H](CCc1ccccc1)NCCc1nnc2n1CCCCC2. The maximum absolute atomic E-state index is 13.3. The lowest BCUT2D eigenvalue weighted by molar-refractivity contribution is 0.0943. The minimum absolute atomic E-state index is 0.430. The van der Waals surface area contributed by atoms with Crippen LogP contribution in [-0.4, -0.2) is 33.8 Å². The summed E-state index contributed by atoms with van der Waals surface area (Å²) in [6.07, 6.45) is 3.85. The first kappa shape index (κ1) is 18.0. The van der Waals surface area contributed by atoms with Crippen molar-refractivity contribution < 1.29 is 8.78 Å². The molecule has 6 heteroatoms. The van der Waals surface area contributed by atoms with Gasteiger partial charge in [0.15, 0.2) is 0 Å². The first-order valence-electron chi connectivity index (χ1n) is 9.20. The van der Waals surface area contributed by atoms with E-state index in [0.29, 0.717) is 25.8 Å². The number of aromatic nitrogens is 3. The third-order valence-electron chi connectivity index (χ3n) is 4.83. The number of benzene rings is 1. The molecule has 1 atom stereocenters. The summed E-state index contributed by atoms with van der Waals surface area (Å²) in [5.41, 5.74) is 1.10. The van der Waals surface area contributed by atoms with Crippen LogP contribution in [-0.2, 0) is 25.8 Å². The van der Waals surface area contributed by atoms with Crippen molar-refractivity contribution >= 4 is 0 Å². The van der Waals surface area contributed by atoms with Gasteiger partial charge in [-0.1, -0.05) is 36.8 Å². The lowest BCUT2D eigenvalue weighted by Gasteiger charge is -2.18. The highest BCUT2D eigenvalue weighted by atomic mass is 19.3. The quantitative estimate of drug-likeness (QED) is 0.795. The molecule has 3 rings (SSSR count). The third-order valence-corrected chi connectivity index (χ3v) is 4.83. The fourth-order valence-corrected chi connectivity index (χ4v) is 3.38. The number of aryl methyl sites for hydroxylation is 2. The van der Waals surface area contributed by atoms with Gasteiger partial charge in [0.05, 0.1) is 6.04 Å². The molecular weight excluding hydrogens is 322 g/mol. The number of halogens is 2. The molecular formula is C19H26F2N4. The summed E-state index contributed by atoms with van der Waals surface area (Å²) in [6, 6.07) is 9.00. The highest BCUT2D eigenvalue weighted by molar-refractivity contribution is 5.14. The van der Waals surface area contributed by atoms with Gasteiger partial charge in [-0.05, 0) is 31.2 Å². The van der Waals surface area contributed by atoms with Crippen molar-refractivity contribution in [2.24, 2.45) is 0 Å². The van der Waals surface area contributed by atoms with Gasteiger partial charge in [0.25, 0.3) is 6.43 Å². The maximum atomic E-state index is 13.3. The van der Waals surface area contributed by atoms with E-state index in [1.54, 1.807) is 0 Å². The standard InChI is InChI=1S/C19H26F2N4/c20-19(21)16(11-10-15-7-3-1-4-8-15)22-13-12-18-24-23-17-9-5-2-6-14-25(17)18/h1,3-4,7-8,16,19,22H,2,5-6,9-14H2/t16-/m1/s1. The molecule has 0 aliphatic carbocycles. The summed E-state index contributed by atoms with van der Waals surface area (Å²) in [7, 11) is 0. The lowest BCUT2D eigenvalue weighted by atomic mass is 10.1. The average Bonchev–Trinajstić information content (AvgIpc) is 2.85. The number of alkyl halides is 2. The van der Waals surface area contributed by atoms with Gasteiger partial charge >= 0.3 is 0 Å². The smallest absolute Gasteiger partial charge is 0.253 e. The van der Waals surface area contributed by atoms with Crippen LogP contribution in [0.3, 0.4) is 0 Å². The number of fused-ring (bicyclic) bond motifs is 1. The monoisotopic (exact) mass is 348 g/mol.